The largest absolute Gasteiger partial charge is 0.394 e. The Balaban J connectivity index is 2.16. The first-order chi connectivity index (χ1) is 9.65. The first-order valence-electron chi connectivity index (χ1n) is 6.38. The van der Waals surface area contributed by atoms with Crippen LogP contribution in [0.4, 0.5) is 0 Å². The lowest BCUT2D eigenvalue weighted by atomic mass is 10.2. The Morgan fingerprint density at radius 2 is 2.35 bits per heavy atom. The molecule has 2 heterocycles. The van der Waals surface area contributed by atoms with E-state index in [1.54, 1.807) is 11.0 Å². The summed E-state index contributed by atoms with van der Waals surface area (Å²) < 4.78 is 5.53. The van der Waals surface area contributed by atoms with Crippen molar-refractivity contribution in [2.45, 2.75) is 19.1 Å². The van der Waals surface area contributed by atoms with Crippen LogP contribution < -0.4 is 0 Å². The molecule has 0 radical (unpaired) electrons. The van der Waals surface area contributed by atoms with E-state index in [1.807, 2.05) is 12.3 Å². The van der Waals surface area contributed by atoms with Gasteiger partial charge in [-0.2, -0.15) is 0 Å². The zero-order valence-electron chi connectivity index (χ0n) is 11.2. The van der Waals surface area contributed by atoms with Gasteiger partial charge in [-0.25, -0.2) is 0 Å². The Kier molecular flexibility index (Phi) is 5.15. The third-order valence-corrected chi connectivity index (χ3v) is 3.88. The van der Waals surface area contributed by atoms with Gasteiger partial charge in [0.2, 0.25) is 0 Å². The molecular weight excluding hydrogens is 278 g/mol. The summed E-state index contributed by atoms with van der Waals surface area (Å²) in [5.74, 6) is 5.23. The lowest BCUT2D eigenvalue weighted by molar-refractivity contribution is -0.0857. The summed E-state index contributed by atoms with van der Waals surface area (Å²) in [7, 11) is 0. The number of aliphatic hydroxyl groups is 2. The SMILES string of the molecule is CC1CN(C(=O)c2sccc2C#CCO)CC(CO)O1. The third kappa shape index (κ3) is 3.38. The standard InChI is InChI=1S/C14H17NO4S/c1-10-7-15(8-12(9-17)19-10)14(18)13-11(3-2-5-16)4-6-20-13/h4,6,10,12,16-17H,5,7-9H2,1H3. The van der Waals surface area contributed by atoms with Crippen LogP contribution in [0.5, 0.6) is 0 Å². The average Bonchev–Trinajstić information content (AvgIpc) is 2.91. The van der Waals surface area contributed by atoms with Crippen molar-refractivity contribution in [3.63, 3.8) is 0 Å². The molecule has 0 aromatic carbocycles. The number of hydrogen-bond donors (Lipinski definition) is 2. The number of aliphatic hydroxyl groups excluding tert-OH is 2. The van der Waals surface area contributed by atoms with Crippen LogP contribution in [-0.2, 0) is 4.74 Å². The molecule has 2 N–H and O–H groups in total. The van der Waals surface area contributed by atoms with Crippen LogP contribution in [0.1, 0.15) is 22.2 Å². The van der Waals surface area contributed by atoms with Gasteiger partial charge in [0.1, 0.15) is 11.5 Å². The van der Waals surface area contributed by atoms with Crippen molar-refractivity contribution in [1.82, 2.24) is 4.90 Å². The normalized spacial score (nSPS) is 22.2. The molecule has 20 heavy (non-hydrogen) atoms. The van der Waals surface area contributed by atoms with Crippen molar-refractivity contribution in [3.8, 4) is 11.8 Å². The molecule has 1 aliphatic heterocycles. The maximum absolute atomic E-state index is 12.5. The van der Waals surface area contributed by atoms with Gasteiger partial charge in [0.25, 0.3) is 5.91 Å². The van der Waals surface area contributed by atoms with E-state index < -0.39 is 0 Å². The maximum atomic E-state index is 12.5. The molecule has 0 saturated carbocycles. The number of hydrogen-bond acceptors (Lipinski definition) is 5. The third-order valence-electron chi connectivity index (χ3n) is 2.98. The van der Waals surface area contributed by atoms with Crippen molar-refractivity contribution in [3.05, 3.63) is 21.9 Å². The van der Waals surface area contributed by atoms with Crippen molar-refractivity contribution < 1.29 is 19.7 Å². The predicted molar refractivity (Wildman–Crippen MR) is 75.6 cm³/mol. The van der Waals surface area contributed by atoms with Crippen LogP contribution in [0.3, 0.4) is 0 Å². The second-order valence-corrected chi connectivity index (χ2v) is 5.50. The number of morpholine rings is 1. The van der Waals surface area contributed by atoms with Gasteiger partial charge in [-0.3, -0.25) is 4.79 Å². The van der Waals surface area contributed by atoms with E-state index in [0.717, 1.165) is 0 Å². The number of rotatable bonds is 2. The highest BCUT2D eigenvalue weighted by Crippen LogP contribution is 2.21. The molecule has 0 bridgehead atoms. The van der Waals surface area contributed by atoms with Gasteiger partial charge in [0.05, 0.1) is 18.8 Å². The summed E-state index contributed by atoms with van der Waals surface area (Å²) in [4.78, 5) is 14.8. The molecule has 1 saturated heterocycles. The zero-order valence-corrected chi connectivity index (χ0v) is 12.0. The Labute approximate surface area is 121 Å². The molecule has 0 aliphatic carbocycles. The van der Waals surface area contributed by atoms with Gasteiger partial charge in [-0.1, -0.05) is 11.8 Å². The van der Waals surface area contributed by atoms with Gasteiger partial charge in [0, 0.05) is 18.7 Å². The molecule has 0 spiro atoms. The first-order valence-corrected chi connectivity index (χ1v) is 7.26. The van der Waals surface area contributed by atoms with Crippen LogP contribution in [0.2, 0.25) is 0 Å². The van der Waals surface area contributed by atoms with Gasteiger partial charge in [0.15, 0.2) is 0 Å². The molecule has 2 atom stereocenters. The molecule has 1 fully saturated rings. The van der Waals surface area contributed by atoms with Crippen LogP contribution in [0, 0.1) is 11.8 Å². The smallest absolute Gasteiger partial charge is 0.265 e. The van der Waals surface area contributed by atoms with E-state index in [0.29, 0.717) is 23.5 Å². The predicted octanol–water partition coefficient (Wildman–Crippen LogP) is 0.314. The monoisotopic (exact) mass is 295 g/mol. The summed E-state index contributed by atoms with van der Waals surface area (Å²) in [6, 6.07) is 1.77. The Bertz CT molecular complexity index is 531. The van der Waals surface area contributed by atoms with Crippen LogP contribution in [0.25, 0.3) is 0 Å². The fraction of sp³-hybridized carbons (Fsp3) is 0.500. The molecule has 6 heteroatoms. The van der Waals surface area contributed by atoms with Crippen molar-refractivity contribution in [1.29, 1.82) is 0 Å². The topological polar surface area (TPSA) is 70.0 Å². The maximum Gasteiger partial charge on any atom is 0.265 e. The first kappa shape index (κ1) is 15.0. The minimum atomic E-state index is -0.338. The fourth-order valence-corrected chi connectivity index (χ4v) is 2.98. The fourth-order valence-electron chi connectivity index (χ4n) is 2.16. The van der Waals surface area contributed by atoms with E-state index in [1.165, 1.54) is 11.3 Å². The van der Waals surface area contributed by atoms with E-state index >= 15 is 0 Å². The Hall–Kier alpha value is -1.39. The molecule has 108 valence electrons. The average molecular weight is 295 g/mol. The van der Waals surface area contributed by atoms with E-state index in [9.17, 15) is 9.90 Å². The molecular formula is C14H17NO4S. The minimum Gasteiger partial charge on any atom is -0.394 e. The van der Waals surface area contributed by atoms with E-state index in [4.69, 9.17) is 9.84 Å². The molecule has 2 rings (SSSR count). The molecule has 5 nitrogen and oxygen atoms in total. The number of carbonyl (C=O) groups excluding carboxylic acids is 1. The van der Waals surface area contributed by atoms with E-state index in [-0.39, 0.29) is 31.3 Å². The second kappa shape index (κ2) is 6.86. The van der Waals surface area contributed by atoms with Gasteiger partial charge in [-0.15, -0.1) is 11.3 Å². The molecule has 1 aromatic rings. The zero-order chi connectivity index (χ0) is 14.5. The van der Waals surface area contributed by atoms with Crippen LogP contribution >= 0.6 is 11.3 Å². The van der Waals surface area contributed by atoms with Gasteiger partial charge in [-0.05, 0) is 18.4 Å². The molecule has 1 amide bonds. The van der Waals surface area contributed by atoms with Gasteiger partial charge < -0.3 is 19.8 Å². The summed E-state index contributed by atoms with van der Waals surface area (Å²) in [6.07, 6.45) is -0.438. The number of nitrogens with zero attached hydrogens (tertiary/aromatic N) is 1. The Morgan fingerprint density at radius 3 is 3.05 bits per heavy atom. The van der Waals surface area contributed by atoms with Crippen molar-refractivity contribution >= 4 is 17.2 Å². The molecule has 1 aromatic heterocycles. The quantitative estimate of drug-likeness (QED) is 0.771. The summed E-state index contributed by atoms with van der Waals surface area (Å²) in [5.41, 5.74) is 0.633. The lowest BCUT2D eigenvalue weighted by Gasteiger charge is -2.35. The minimum absolute atomic E-state index is 0.100. The van der Waals surface area contributed by atoms with E-state index in [2.05, 4.69) is 11.8 Å². The summed E-state index contributed by atoms with van der Waals surface area (Å²) >= 11 is 1.33. The summed E-state index contributed by atoms with van der Waals surface area (Å²) in [6.45, 7) is 2.42. The summed E-state index contributed by atoms with van der Waals surface area (Å²) in [5, 5.41) is 19.7. The highest BCUT2D eigenvalue weighted by atomic mass is 32.1. The molecule has 2 unspecified atom stereocenters. The second-order valence-electron chi connectivity index (χ2n) is 4.58. The van der Waals surface area contributed by atoms with Crippen LogP contribution in [-0.4, -0.2) is 59.5 Å². The van der Waals surface area contributed by atoms with Crippen LogP contribution in [0.15, 0.2) is 11.4 Å². The molecule has 1 aliphatic rings. The van der Waals surface area contributed by atoms with Crippen molar-refractivity contribution in [2.75, 3.05) is 26.3 Å². The Morgan fingerprint density at radius 1 is 1.55 bits per heavy atom. The highest BCUT2D eigenvalue weighted by molar-refractivity contribution is 7.12. The highest BCUT2D eigenvalue weighted by Gasteiger charge is 2.29. The van der Waals surface area contributed by atoms with Crippen molar-refractivity contribution in [2.24, 2.45) is 0 Å². The van der Waals surface area contributed by atoms with Gasteiger partial charge >= 0.3 is 0 Å². The number of amides is 1. The number of ether oxygens (including phenoxy) is 1. The lowest BCUT2D eigenvalue weighted by Crippen LogP contribution is -2.50. The number of carbonyl (C=O) groups is 1. The number of thiophene rings is 1.